The topological polar surface area (TPSA) is 79.4 Å². The van der Waals surface area contributed by atoms with Crippen molar-refractivity contribution in [2.45, 2.75) is 39.0 Å². The summed E-state index contributed by atoms with van der Waals surface area (Å²) in [7, 11) is 3.16. The lowest BCUT2D eigenvalue weighted by molar-refractivity contribution is 0.102. The molecule has 7 nitrogen and oxygen atoms in total. The van der Waals surface area contributed by atoms with Crippen LogP contribution in [0.15, 0.2) is 33.9 Å². The summed E-state index contributed by atoms with van der Waals surface area (Å²) >= 11 is 1.23. The van der Waals surface area contributed by atoms with E-state index in [0.29, 0.717) is 34.2 Å². The van der Waals surface area contributed by atoms with Crippen molar-refractivity contribution < 1.29 is 18.7 Å². The molecule has 8 heteroatoms. The van der Waals surface area contributed by atoms with Gasteiger partial charge in [-0.1, -0.05) is 11.8 Å². The fourth-order valence-electron chi connectivity index (χ4n) is 3.37. The van der Waals surface area contributed by atoms with Crippen molar-refractivity contribution in [2.24, 2.45) is 0 Å². The standard InChI is InChI=1S/C21H25N3O4S/c1-12(2)24-13(3)7-18(14(24)4)19(25)11-29-21-23-22-20(28-21)15-8-16(26-5)10-17(9-15)27-6/h7-10,12H,11H2,1-6H3. The van der Waals surface area contributed by atoms with Gasteiger partial charge >= 0.3 is 0 Å². The second-order valence-electron chi connectivity index (χ2n) is 6.93. The van der Waals surface area contributed by atoms with Crippen LogP contribution in [0.5, 0.6) is 11.5 Å². The fourth-order valence-corrected chi connectivity index (χ4v) is 4.02. The van der Waals surface area contributed by atoms with Gasteiger partial charge in [0.05, 0.1) is 20.0 Å². The average molecular weight is 416 g/mol. The molecule has 0 amide bonds. The number of aromatic nitrogens is 3. The van der Waals surface area contributed by atoms with Crippen molar-refractivity contribution in [3.63, 3.8) is 0 Å². The lowest BCUT2D eigenvalue weighted by atomic mass is 10.2. The maximum Gasteiger partial charge on any atom is 0.277 e. The zero-order valence-electron chi connectivity index (χ0n) is 17.5. The Morgan fingerprint density at radius 3 is 2.31 bits per heavy atom. The van der Waals surface area contributed by atoms with E-state index in [0.717, 1.165) is 17.0 Å². The molecule has 0 saturated carbocycles. The SMILES string of the molecule is COc1cc(OC)cc(-c2nnc(SCC(=O)c3cc(C)n(C(C)C)c3C)o2)c1. The zero-order chi connectivity index (χ0) is 21.1. The largest absolute Gasteiger partial charge is 0.497 e. The first kappa shape index (κ1) is 21.0. The molecule has 0 unspecified atom stereocenters. The number of benzene rings is 1. The Hall–Kier alpha value is -2.74. The van der Waals surface area contributed by atoms with Gasteiger partial charge in [-0.05, 0) is 45.9 Å². The van der Waals surface area contributed by atoms with E-state index in [9.17, 15) is 4.79 Å². The summed E-state index contributed by atoms with van der Waals surface area (Å²) in [6, 6.07) is 7.59. The third-order valence-electron chi connectivity index (χ3n) is 4.63. The van der Waals surface area contributed by atoms with Crippen LogP contribution >= 0.6 is 11.8 Å². The minimum atomic E-state index is 0.0396. The highest BCUT2D eigenvalue weighted by Crippen LogP contribution is 2.31. The Morgan fingerprint density at radius 2 is 1.76 bits per heavy atom. The number of carbonyl (C=O) groups is 1. The quantitative estimate of drug-likeness (QED) is 0.389. The monoisotopic (exact) mass is 415 g/mol. The summed E-state index contributed by atoms with van der Waals surface area (Å²) in [5.74, 6) is 1.86. The number of methoxy groups -OCH3 is 2. The highest BCUT2D eigenvalue weighted by atomic mass is 32.2. The molecule has 0 fully saturated rings. The Labute approximate surface area is 174 Å². The van der Waals surface area contributed by atoms with E-state index in [1.807, 2.05) is 19.9 Å². The molecule has 0 aliphatic carbocycles. The molecule has 0 aliphatic rings. The lowest BCUT2D eigenvalue weighted by Gasteiger charge is -2.13. The molecule has 154 valence electrons. The third kappa shape index (κ3) is 4.48. The van der Waals surface area contributed by atoms with Gasteiger partial charge < -0.3 is 18.5 Å². The van der Waals surface area contributed by atoms with Gasteiger partial charge in [0.2, 0.25) is 5.89 Å². The van der Waals surface area contributed by atoms with Crippen molar-refractivity contribution in [1.82, 2.24) is 14.8 Å². The molecule has 2 heterocycles. The minimum absolute atomic E-state index is 0.0396. The van der Waals surface area contributed by atoms with Crippen LogP contribution in [0, 0.1) is 13.8 Å². The molecule has 0 N–H and O–H groups in total. The van der Waals surface area contributed by atoms with Crippen LogP contribution in [0.3, 0.4) is 0 Å². The van der Waals surface area contributed by atoms with E-state index in [1.54, 1.807) is 32.4 Å². The highest BCUT2D eigenvalue weighted by molar-refractivity contribution is 7.99. The molecule has 0 radical (unpaired) electrons. The van der Waals surface area contributed by atoms with Crippen molar-refractivity contribution >= 4 is 17.5 Å². The average Bonchev–Trinajstić information content (AvgIpc) is 3.29. The first-order valence-corrected chi connectivity index (χ1v) is 10.2. The highest BCUT2D eigenvalue weighted by Gasteiger charge is 2.19. The normalized spacial score (nSPS) is 11.1. The van der Waals surface area contributed by atoms with Crippen molar-refractivity contribution in [3.8, 4) is 23.0 Å². The Kier molecular flexibility index (Phi) is 6.32. The number of nitrogens with zero attached hydrogens (tertiary/aromatic N) is 3. The van der Waals surface area contributed by atoms with E-state index in [1.165, 1.54) is 11.8 Å². The molecule has 0 spiro atoms. The number of Topliss-reactive ketones (excluding diaryl/α,β-unsaturated/α-hetero) is 1. The maximum atomic E-state index is 12.7. The zero-order valence-corrected chi connectivity index (χ0v) is 18.3. The maximum absolute atomic E-state index is 12.7. The van der Waals surface area contributed by atoms with Crippen molar-refractivity contribution in [3.05, 3.63) is 41.2 Å². The van der Waals surface area contributed by atoms with Gasteiger partial charge in [-0.25, -0.2) is 0 Å². The van der Waals surface area contributed by atoms with Crippen LogP contribution in [0.2, 0.25) is 0 Å². The van der Waals surface area contributed by atoms with Gasteiger partial charge in [-0.15, -0.1) is 10.2 Å². The number of thioether (sulfide) groups is 1. The van der Waals surface area contributed by atoms with E-state index in [2.05, 4.69) is 28.6 Å². The van der Waals surface area contributed by atoms with Crippen LogP contribution < -0.4 is 9.47 Å². The number of hydrogen-bond donors (Lipinski definition) is 0. The van der Waals surface area contributed by atoms with E-state index in [4.69, 9.17) is 13.9 Å². The minimum Gasteiger partial charge on any atom is -0.497 e. The van der Waals surface area contributed by atoms with Crippen LogP contribution in [-0.2, 0) is 0 Å². The number of rotatable bonds is 8. The molecule has 3 rings (SSSR count). The summed E-state index contributed by atoms with van der Waals surface area (Å²) in [5, 5.41) is 8.47. The smallest absolute Gasteiger partial charge is 0.277 e. The van der Waals surface area contributed by atoms with Gasteiger partial charge in [0.1, 0.15) is 11.5 Å². The predicted octanol–water partition coefficient (Wildman–Crippen LogP) is 4.73. The van der Waals surface area contributed by atoms with E-state index >= 15 is 0 Å². The van der Waals surface area contributed by atoms with E-state index < -0.39 is 0 Å². The fraction of sp³-hybridized carbons (Fsp3) is 0.381. The summed E-state index contributed by atoms with van der Waals surface area (Å²) in [6.45, 7) is 8.21. The Morgan fingerprint density at radius 1 is 1.10 bits per heavy atom. The summed E-state index contributed by atoms with van der Waals surface area (Å²) < 4.78 is 18.4. The summed E-state index contributed by atoms with van der Waals surface area (Å²) in [6.07, 6.45) is 0. The van der Waals surface area contributed by atoms with Gasteiger partial charge in [-0.3, -0.25) is 4.79 Å². The molecule has 3 aromatic rings. The number of hydrogen-bond acceptors (Lipinski definition) is 7. The molecular formula is C21H25N3O4S. The van der Waals surface area contributed by atoms with Crippen molar-refractivity contribution in [2.75, 3.05) is 20.0 Å². The van der Waals surface area contributed by atoms with Crippen LogP contribution in [-0.4, -0.2) is 40.5 Å². The van der Waals surface area contributed by atoms with Crippen LogP contribution in [0.1, 0.15) is 41.6 Å². The molecule has 29 heavy (non-hydrogen) atoms. The number of carbonyl (C=O) groups excluding carboxylic acids is 1. The first-order chi connectivity index (χ1) is 13.8. The van der Waals surface area contributed by atoms with E-state index in [-0.39, 0.29) is 11.5 Å². The molecule has 0 bridgehead atoms. The van der Waals surface area contributed by atoms with Crippen molar-refractivity contribution in [1.29, 1.82) is 0 Å². The van der Waals surface area contributed by atoms with Gasteiger partial charge in [0.15, 0.2) is 5.78 Å². The summed E-state index contributed by atoms with van der Waals surface area (Å²) in [5.41, 5.74) is 3.49. The Bertz CT molecular complexity index is 1000. The second kappa shape index (κ2) is 8.73. The molecule has 2 aromatic heterocycles. The number of ketones is 1. The van der Waals surface area contributed by atoms with Gasteiger partial charge in [0, 0.05) is 34.6 Å². The van der Waals surface area contributed by atoms with Gasteiger partial charge in [-0.2, -0.15) is 0 Å². The lowest BCUT2D eigenvalue weighted by Crippen LogP contribution is -2.08. The van der Waals surface area contributed by atoms with Crippen LogP contribution in [0.4, 0.5) is 0 Å². The number of ether oxygens (including phenoxy) is 2. The predicted molar refractivity (Wildman–Crippen MR) is 112 cm³/mol. The summed E-state index contributed by atoms with van der Waals surface area (Å²) in [4.78, 5) is 12.7. The second-order valence-corrected chi connectivity index (χ2v) is 7.86. The Balaban J connectivity index is 1.73. The first-order valence-electron chi connectivity index (χ1n) is 9.25. The number of aryl methyl sites for hydroxylation is 1. The van der Waals surface area contributed by atoms with Crippen LogP contribution in [0.25, 0.3) is 11.5 Å². The molecule has 1 aromatic carbocycles. The molecular weight excluding hydrogens is 390 g/mol. The third-order valence-corrected chi connectivity index (χ3v) is 5.45. The van der Waals surface area contributed by atoms with Gasteiger partial charge in [0.25, 0.3) is 5.22 Å². The molecule has 0 aliphatic heterocycles. The molecule has 0 saturated heterocycles. The molecule has 0 atom stereocenters.